The summed E-state index contributed by atoms with van der Waals surface area (Å²) in [5, 5.41) is 0. The third-order valence-corrected chi connectivity index (χ3v) is 18.1. The first-order valence-corrected chi connectivity index (χ1v) is 24.7. The van der Waals surface area contributed by atoms with Crippen LogP contribution in [0.4, 0.5) is 17.1 Å². The molecule has 8 aromatic rings. The minimum absolute atomic E-state index is 0.0177. The fraction of sp³-hybridized carbons (Fsp3) is 0.262. The first-order chi connectivity index (χ1) is 32.0. The number of fused-ring (bicyclic) bond motifs is 15. The Bertz CT molecular complexity index is 3310. The Hall–Kier alpha value is -6.44. The van der Waals surface area contributed by atoms with Crippen LogP contribution >= 0.6 is 0 Å². The van der Waals surface area contributed by atoms with Gasteiger partial charge >= 0.3 is 0 Å². The van der Waals surface area contributed by atoms with Crippen LogP contribution in [0.15, 0.2) is 176 Å². The van der Waals surface area contributed by atoms with Gasteiger partial charge in [-0.3, -0.25) is 0 Å². The second kappa shape index (κ2) is 13.1. The number of anilines is 3. The fourth-order valence-corrected chi connectivity index (χ4v) is 15.0. The van der Waals surface area contributed by atoms with Gasteiger partial charge in [0.1, 0.15) is 0 Å². The topological polar surface area (TPSA) is 3.24 Å². The number of nitrogens with zero attached hydrogens (tertiary/aromatic N) is 1. The average molecular weight is 852 g/mol. The molecule has 1 heteroatoms. The summed E-state index contributed by atoms with van der Waals surface area (Å²) in [7, 11) is 0. The summed E-state index contributed by atoms with van der Waals surface area (Å²) in [5.74, 6) is 3.60. The van der Waals surface area contributed by atoms with Crippen LogP contribution in [0, 0.1) is 29.1 Å². The molecule has 0 N–H and O–H groups in total. The molecule has 1 nitrogen and oxygen atoms in total. The minimum atomic E-state index is -0.0177. The predicted molar refractivity (Wildman–Crippen MR) is 276 cm³/mol. The van der Waals surface area contributed by atoms with E-state index in [-0.39, 0.29) is 16.2 Å². The highest BCUT2D eigenvalue weighted by molar-refractivity contribution is 6.04. The lowest BCUT2D eigenvalue weighted by molar-refractivity contribution is -0.412. The molecule has 322 valence electrons. The summed E-state index contributed by atoms with van der Waals surface area (Å²) in [6.07, 6.45) is 4.33. The van der Waals surface area contributed by atoms with Gasteiger partial charge < -0.3 is 4.90 Å². The van der Waals surface area contributed by atoms with Crippen LogP contribution in [0.2, 0.25) is 0 Å². The van der Waals surface area contributed by atoms with E-state index in [1.807, 2.05) is 0 Å². The van der Waals surface area contributed by atoms with Crippen molar-refractivity contribution in [2.45, 2.75) is 77.0 Å². The third kappa shape index (κ3) is 4.91. The van der Waals surface area contributed by atoms with Crippen molar-refractivity contribution in [1.29, 1.82) is 0 Å². The fourth-order valence-electron chi connectivity index (χ4n) is 15.0. The minimum Gasteiger partial charge on any atom is -0.310 e. The number of hydrogen-bond acceptors (Lipinski definition) is 1. The molecule has 8 aromatic carbocycles. The van der Waals surface area contributed by atoms with Gasteiger partial charge in [0.05, 0.1) is 0 Å². The molecule has 0 bridgehead atoms. The standard InChI is InChI=1S/C65H57N/c1-62(2,3)41-22-28-50-51-29-23-42(63(4,5)6)34-55(51)56-37-46(26-30-52(56)48-16-10-11-17-49(48)54(50)33-41)66(45-24-20-40(21-25-45)39-14-8-7-9-15-39)47-27-31-59-57(38-47)53-18-12-13-19-58(53)65(59)60-35-43-32-44-36-61(65)64(43,44)60/h7-31,33-34,37-38,43-44,60-61H,32,35-36H2,1-6H3. The maximum Gasteiger partial charge on any atom is 0.0468 e. The van der Waals surface area contributed by atoms with Crippen molar-refractivity contribution in [2.75, 3.05) is 4.90 Å². The molecular weight excluding hydrogens is 795 g/mol. The van der Waals surface area contributed by atoms with Crippen LogP contribution in [-0.4, -0.2) is 0 Å². The van der Waals surface area contributed by atoms with E-state index in [4.69, 9.17) is 0 Å². The van der Waals surface area contributed by atoms with Crippen LogP contribution in [0.3, 0.4) is 0 Å². The second-order valence-electron chi connectivity index (χ2n) is 22.9. The van der Waals surface area contributed by atoms with Gasteiger partial charge in [0.2, 0.25) is 0 Å². The van der Waals surface area contributed by atoms with Crippen LogP contribution in [0.25, 0.3) is 66.8 Å². The molecule has 4 atom stereocenters. The Kier molecular flexibility index (Phi) is 7.72. The van der Waals surface area contributed by atoms with E-state index in [2.05, 4.69) is 222 Å². The van der Waals surface area contributed by atoms with E-state index in [0.717, 1.165) is 35.0 Å². The van der Waals surface area contributed by atoms with Crippen molar-refractivity contribution >= 4 is 17.1 Å². The Morgan fingerprint density at radius 2 is 0.803 bits per heavy atom. The van der Waals surface area contributed by atoms with Gasteiger partial charge in [0, 0.05) is 22.5 Å². The van der Waals surface area contributed by atoms with Crippen molar-refractivity contribution in [3.8, 4) is 66.8 Å². The highest BCUT2D eigenvalue weighted by atomic mass is 15.1. The molecule has 2 spiro atoms. The Labute approximate surface area is 391 Å². The zero-order valence-electron chi connectivity index (χ0n) is 39.1. The van der Waals surface area contributed by atoms with Crippen molar-refractivity contribution in [3.63, 3.8) is 0 Å². The molecule has 0 saturated heterocycles. The molecule has 0 heterocycles. The smallest absolute Gasteiger partial charge is 0.0468 e. The summed E-state index contributed by atoms with van der Waals surface area (Å²) in [6, 6.07) is 68.1. The first kappa shape index (κ1) is 38.8. The van der Waals surface area contributed by atoms with E-state index in [1.165, 1.54) is 103 Å². The molecule has 0 amide bonds. The average Bonchev–Trinajstić information content (AvgIpc) is 3.60. The highest BCUT2D eigenvalue weighted by Gasteiger charge is 2.90. The van der Waals surface area contributed by atoms with Crippen LogP contribution < -0.4 is 4.90 Å². The van der Waals surface area contributed by atoms with Gasteiger partial charge in [-0.25, -0.2) is 0 Å². The summed E-state index contributed by atoms with van der Waals surface area (Å²) in [6.45, 7) is 14.0. The SMILES string of the molecule is CC(C)(C)c1ccc2c(c1)-c1ccccc1-c1ccc(N(c3ccc(-c4ccccc4)cc3)c3ccc4c(c3)-c3ccccc3C43C4CC5CC6CC3C564)cc1-c1cc(C(C)(C)C)ccc1-2. The molecule has 4 unspecified atom stereocenters. The summed E-state index contributed by atoms with van der Waals surface area (Å²) in [4.78, 5) is 2.54. The molecule has 14 rings (SSSR count). The maximum atomic E-state index is 2.57. The second-order valence-corrected chi connectivity index (χ2v) is 22.9. The van der Waals surface area contributed by atoms with Gasteiger partial charge in [0.25, 0.3) is 0 Å². The van der Waals surface area contributed by atoms with E-state index in [9.17, 15) is 0 Å². The van der Waals surface area contributed by atoms with Gasteiger partial charge in [0.15, 0.2) is 0 Å². The van der Waals surface area contributed by atoms with Crippen molar-refractivity contribution < 1.29 is 0 Å². The molecule has 4 saturated carbocycles. The molecule has 66 heavy (non-hydrogen) atoms. The highest BCUT2D eigenvalue weighted by Crippen LogP contribution is 2.94. The Morgan fingerprint density at radius 1 is 0.364 bits per heavy atom. The molecule has 6 aliphatic rings. The molecule has 0 aliphatic heterocycles. The summed E-state index contributed by atoms with van der Waals surface area (Å²) >= 11 is 0. The lowest BCUT2D eigenvalue weighted by Gasteiger charge is -2.92. The maximum absolute atomic E-state index is 2.57. The largest absolute Gasteiger partial charge is 0.310 e. The third-order valence-electron chi connectivity index (χ3n) is 18.1. The van der Waals surface area contributed by atoms with Gasteiger partial charge in [-0.15, -0.1) is 0 Å². The molecule has 4 fully saturated rings. The van der Waals surface area contributed by atoms with E-state index in [1.54, 1.807) is 11.1 Å². The van der Waals surface area contributed by atoms with E-state index in [0.29, 0.717) is 5.41 Å². The number of benzene rings is 8. The van der Waals surface area contributed by atoms with Crippen LogP contribution in [0.5, 0.6) is 0 Å². The molecular formula is C65H57N. The van der Waals surface area contributed by atoms with Crippen molar-refractivity contribution in [1.82, 2.24) is 0 Å². The van der Waals surface area contributed by atoms with Crippen LogP contribution in [0.1, 0.15) is 83.1 Å². The lowest BCUT2D eigenvalue weighted by atomic mass is 9.11. The quantitative estimate of drug-likeness (QED) is 0.170. The van der Waals surface area contributed by atoms with Crippen LogP contribution in [-0.2, 0) is 16.2 Å². The summed E-state index contributed by atoms with van der Waals surface area (Å²) < 4.78 is 0. The summed E-state index contributed by atoms with van der Waals surface area (Å²) in [5.41, 5.74) is 25.9. The molecule has 0 aromatic heterocycles. The zero-order chi connectivity index (χ0) is 44.5. The van der Waals surface area contributed by atoms with Crippen molar-refractivity contribution in [2.24, 2.45) is 29.1 Å². The van der Waals surface area contributed by atoms with Gasteiger partial charge in [-0.2, -0.15) is 0 Å². The monoisotopic (exact) mass is 851 g/mol. The first-order valence-electron chi connectivity index (χ1n) is 24.7. The Morgan fingerprint density at radius 3 is 1.41 bits per heavy atom. The number of rotatable bonds is 4. The van der Waals surface area contributed by atoms with Gasteiger partial charge in [-0.05, 0) is 197 Å². The van der Waals surface area contributed by atoms with E-state index < -0.39 is 0 Å². The predicted octanol–water partition coefficient (Wildman–Crippen LogP) is 17.3. The lowest BCUT2D eigenvalue weighted by Crippen LogP contribution is -2.88. The van der Waals surface area contributed by atoms with Crippen molar-refractivity contribution in [3.05, 3.63) is 198 Å². The van der Waals surface area contributed by atoms with E-state index >= 15 is 0 Å². The number of hydrogen-bond donors (Lipinski definition) is 0. The Balaban J connectivity index is 0.987. The normalized spacial score (nSPS) is 24.2. The molecule has 0 radical (unpaired) electrons. The zero-order valence-corrected chi connectivity index (χ0v) is 39.1. The molecule has 6 aliphatic carbocycles. The van der Waals surface area contributed by atoms with Gasteiger partial charge in [-0.1, -0.05) is 169 Å².